The molecule has 4 heteroatoms. The van der Waals surface area contributed by atoms with Gasteiger partial charge in [0.1, 0.15) is 18.1 Å². The SMILES string of the molecule is Nc1ccc(COc2ccc(O)cc2)cc1Cl. The number of halogens is 1. The van der Waals surface area contributed by atoms with Gasteiger partial charge in [0.25, 0.3) is 0 Å². The Morgan fingerprint density at radius 1 is 1.12 bits per heavy atom. The molecule has 88 valence electrons. The number of rotatable bonds is 3. The van der Waals surface area contributed by atoms with E-state index in [1.54, 1.807) is 36.4 Å². The Labute approximate surface area is 104 Å². The molecule has 2 aromatic rings. The third-order valence-corrected chi connectivity index (χ3v) is 2.63. The number of phenolic OH excluding ortho intramolecular Hbond substituents is 1. The van der Waals surface area contributed by atoms with Crippen LogP contribution in [0.15, 0.2) is 42.5 Å². The lowest BCUT2D eigenvalue weighted by molar-refractivity contribution is 0.305. The van der Waals surface area contributed by atoms with Crippen molar-refractivity contribution in [1.29, 1.82) is 0 Å². The maximum absolute atomic E-state index is 9.12. The third kappa shape index (κ3) is 3.04. The zero-order valence-corrected chi connectivity index (χ0v) is 9.82. The highest BCUT2D eigenvalue weighted by Crippen LogP contribution is 2.21. The lowest BCUT2D eigenvalue weighted by Crippen LogP contribution is -1.96. The van der Waals surface area contributed by atoms with Crippen molar-refractivity contribution in [3.8, 4) is 11.5 Å². The second-order valence-electron chi connectivity index (χ2n) is 3.64. The highest BCUT2D eigenvalue weighted by Gasteiger charge is 2.00. The van der Waals surface area contributed by atoms with Gasteiger partial charge in [-0.1, -0.05) is 17.7 Å². The second kappa shape index (κ2) is 4.97. The van der Waals surface area contributed by atoms with Gasteiger partial charge < -0.3 is 15.6 Å². The van der Waals surface area contributed by atoms with E-state index in [1.165, 1.54) is 0 Å². The molecule has 0 amide bonds. The minimum atomic E-state index is 0.216. The molecule has 0 radical (unpaired) electrons. The Kier molecular flexibility index (Phi) is 3.40. The molecule has 0 saturated carbocycles. The molecule has 0 aromatic heterocycles. The van der Waals surface area contributed by atoms with Gasteiger partial charge in [-0.05, 0) is 42.0 Å². The van der Waals surface area contributed by atoms with Crippen LogP contribution in [0.2, 0.25) is 5.02 Å². The number of ether oxygens (including phenoxy) is 1. The van der Waals surface area contributed by atoms with E-state index in [-0.39, 0.29) is 5.75 Å². The van der Waals surface area contributed by atoms with E-state index in [4.69, 9.17) is 27.2 Å². The lowest BCUT2D eigenvalue weighted by Gasteiger charge is -2.07. The topological polar surface area (TPSA) is 55.5 Å². The van der Waals surface area contributed by atoms with Gasteiger partial charge >= 0.3 is 0 Å². The van der Waals surface area contributed by atoms with E-state index < -0.39 is 0 Å². The van der Waals surface area contributed by atoms with Crippen molar-refractivity contribution in [3.63, 3.8) is 0 Å². The van der Waals surface area contributed by atoms with Gasteiger partial charge in [0.05, 0.1) is 10.7 Å². The first-order chi connectivity index (χ1) is 8.15. The summed E-state index contributed by atoms with van der Waals surface area (Å²) in [4.78, 5) is 0. The summed E-state index contributed by atoms with van der Waals surface area (Å²) in [5.74, 6) is 0.906. The molecule has 3 nitrogen and oxygen atoms in total. The number of anilines is 1. The molecule has 2 rings (SSSR count). The summed E-state index contributed by atoms with van der Waals surface area (Å²) >= 11 is 5.90. The molecule has 2 aromatic carbocycles. The van der Waals surface area contributed by atoms with Crippen LogP contribution in [0.1, 0.15) is 5.56 Å². The van der Waals surface area contributed by atoms with Gasteiger partial charge in [-0.2, -0.15) is 0 Å². The van der Waals surface area contributed by atoms with Gasteiger partial charge in [0.2, 0.25) is 0 Å². The van der Waals surface area contributed by atoms with Crippen molar-refractivity contribution < 1.29 is 9.84 Å². The van der Waals surface area contributed by atoms with Crippen molar-refractivity contribution in [1.82, 2.24) is 0 Å². The standard InChI is InChI=1S/C13H12ClNO2/c14-12-7-9(1-6-13(12)15)8-17-11-4-2-10(16)3-5-11/h1-7,16H,8,15H2. The maximum Gasteiger partial charge on any atom is 0.120 e. The predicted molar refractivity (Wildman–Crippen MR) is 68.3 cm³/mol. The van der Waals surface area contributed by atoms with E-state index in [0.717, 1.165) is 5.56 Å². The van der Waals surface area contributed by atoms with Crippen LogP contribution in [0.4, 0.5) is 5.69 Å². The summed E-state index contributed by atoms with van der Waals surface area (Å²) in [5.41, 5.74) is 7.11. The average molecular weight is 250 g/mol. The van der Waals surface area contributed by atoms with Gasteiger partial charge in [0, 0.05) is 0 Å². The van der Waals surface area contributed by atoms with E-state index in [0.29, 0.717) is 23.1 Å². The number of nitrogen functional groups attached to an aromatic ring is 1. The summed E-state index contributed by atoms with van der Waals surface area (Å²) in [6.45, 7) is 0.408. The van der Waals surface area contributed by atoms with Crippen LogP contribution < -0.4 is 10.5 Å². The van der Waals surface area contributed by atoms with Crippen molar-refractivity contribution in [2.75, 3.05) is 5.73 Å². The molecule has 0 spiro atoms. The molecule has 0 aliphatic carbocycles. The van der Waals surface area contributed by atoms with Crippen molar-refractivity contribution in [2.24, 2.45) is 0 Å². The van der Waals surface area contributed by atoms with Crippen molar-refractivity contribution >= 4 is 17.3 Å². The molecule has 0 aliphatic rings. The van der Waals surface area contributed by atoms with E-state index in [2.05, 4.69) is 0 Å². The first-order valence-electron chi connectivity index (χ1n) is 5.11. The zero-order valence-electron chi connectivity index (χ0n) is 9.06. The summed E-state index contributed by atoms with van der Waals surface area (Å²) < 4.78 is 5.53. The van der Waals surface area contributed by atoms with Crippen LogP contribution >= 0.6 is 11.6 Å². The molecule has 0 bridgehead atoms. The summed E-state index contributed by atoms with van der Waals surface area (Å²) in [6.07, 6.45) is 0. The molecule has 0 unspecified atom stereocenters. The third-order valence-electron chi connectivity index (χ3n) is 2.31. The van der Waals surface area contributed by atoms with E-state index in [1.807, 2.05) is 6.07 Å². The number of nitrogens with two attached hydrogens (primary N) is 1. The molecular formula is C13H12ClNO2. The van der Waals surface area contributed by atoms with Crippen LogP contribution in [0.5, 0.6) is 11.5 Å². The number of aromatic hydroxyl groups is 1. The van der Waals surface area contributed by atoms with Gasteiger partial charge in [0.15, 0.2) is 0 Å². The largest absolute Gasteiger partial charge is 0.508 e. The Bertz CT molecular complexity index is 511. The lowest BCUT2D eigenvalue weighted by atomic mass is 10.2. The monoisotopic (exact) mass is 249 g/mol. The molecule has 3 N–H and O–H groups in total. The second-order valence-corrected chi connectivity index (χ2v) is 4.05. The summed E-state index contributed by atoms with van der Waals surface area (Å²) in [5, 5.41) is 9.65. The minimum absolute atomic E-state index is 0.216. The Morgan fingerprint density at radius 2 is 1.82 bits per heavy atom. The van der Waals surface area contributed by atoms with Crippen LogP contribution in [0.3, 0.4) is 0 Å². The van der Waals surface area contributed by atoms with Crippen LogP contribution in [0, 0.1) is 0 Å². The Hall–Kier alpha value is -1.87. The normalized spacial score (nSPS) is 10.2. The van der Waals surface area contributed by atoms with Gasteiger partial charge in [-0.3, -0.25) is 0 Å². The summed E-state index contributed by atoms with van der Waals surface area (Å²) in [7, 11) is 0. The highest BCUT2D eigenvalue weighted by molar-refractivity contribution is 6.33. The maximum atomic E-state index is 9.12. The number of benzene rings is 2. The molecule has 0 saturated heterocycles. The van der Waals surface area contributed by atoms with Gasteiger partial charge in [-0.15, -0.1) is 0 Å². The smallest absolute Gasteiger partial charge is 0.120 e. The minimum Gasteiger partial charge on any atom is -0.508 e. The molecule has 0 fully saturated rings. The quantitative estimate of drug-likeness (QED) is 0.822. The highest BCUT2D eigenvalue weighted by atomic mass is 35.5. The molecule has 0 aliphatic heterocycles. The first kappa shape index (κ1) is 11.6. The number of hydrogen-bond acceptors (Lipinski definition) is 3. The van der Waals surface area contributed by atoms with Crippen LogP contribution in [0.25, 0.3) is 0 Å². The van der Waals surface area contributed by atoms with Crippen LogP contribution in [-0.2, 0) is 6.61 Å². The Morgan fingerprint density at radius 3 is 2.47 bits per heavy atom. The number of phenols is 1. The van der Waals surface area contributed by atoms with Crippen molar-refractivity contribution in [2.45, 2.75) is 6.61 Å². The predicted octanol–water partition coefficient (Wildman–Crippen LogP) is 3.21. The fourth-order valence-electron chi connectivity index (χ4n) is 1.37. The van der Waals surface area contributed by atoms with E-state index >= 15 is 0 Å². The fraction of sp³-hybridized carbons (Fsp3) is 0.0769. The van der Waals surface area contributed by atoms with E-state index in [9.17, 15) is 0 Å². The zero-order chi connectivity index (χ0) is 12.3. The molecular weight excluding hydrogens is 238 g/mol. The van der Waals surface area contributed by atoms with Crippen molar-refractivity contribution in [3.05, 3.63) is 53.1 Å². The fourth-order valence-corrected chi connectivity index (χ4v) is 1.57. The van der Waals surface area contributed by atoms with Crippen LogP contribution in [-0.4, -0.2) is 5.11 Å². The summed E-state index contributed by atoms with van der Waals surface area (Å²) in [6, 6.07) is 11.9. The molecule has 0 heterocycles. The average Bonchev–Trinajstić information content (AvgIpc) is 2.33. The molecule has 17 heavy (non-hydrogen) atoms. The van der Waals surface area contributed by atoms with Gasteiger partial charge in [-0.25, -0.2) is 0 Å². The Balaban J connectivity index is 2.02. The number of hydrogen-bond donors (Lipinski definition) is 2. The molecule has 0 atom stereocenters. The first-order valence-corrected chi connectivity index (χ1v) is 5.48.